The van der Waals surface area contributed by atoms with Crippen LogP contribution in [0.2, 0.25) is 0 Å². The Hall–Kier alpha value is 0.200. The van der Waals surface area contributed by atoms with E-state index in [2.05, 4.69) is 0 Å². The van der Waals surface area contributed by atoms with E-state index in [-0.39, 0.29) is 11.8 Å². The summed E-state index contributed by atoms with van der Waals surface area (Å²) in [5.41, 5.74) is 0. The molecule has 1 saturated carbocycles. The van der Waals surface area contributed by atoms with Gasteiger partial charge in [0.15, 0.2) is 0 Å². The van der Waals surface area contributed by atoms with Gasteiger partial charge in [-0.25, -0.2) is 8.42 Å². The lowest BCUT2D eigenvalue weighted by molar-refractivity contribution is 0.129. The maximum Gasteiger partial charge on any atom is 0.214 e. The van der Waals surface area contributed by atoms with Crippen molar-refractivity contribution in [1.29, 1.82) is 0 Å². The third kappa shape index (κ3) is 3.15. The lowest BCUT2D eigenvalue weighted by atomic mass is 9.79. The molecule has 0 amide bonds. The first-order chi connectivity index (χ1) is 8.15. The van der Waals surface area contributed by atoms with Crippen molar-refractivity contribution in [3.05, 3.63) is 0 Å². The first kappa shape index (κ1) is 13.6. The van der Waals surface area contributed by atoms with Crippen LogP contribution in [0, 0.1) is 5.92 Å². The average Bonchev–Trinajstić information content (AvgIpc) is 2.36. The van der Waals surface area contributed by atoms with Crippen LogP contribution < -0.4 is 0 Å². The molecule has 0 aromatic carbocycles. The Morgan fingerprint density at radius 3 is 2.59 bits per heavy atom. The highest BCUT2D eigenvalue weighted by molar-refractivity contribution is 7.89. The highest BCUT2D eigenvalue weighted by Crippen LogP contribution is 2.36. The molecule has 3 nitrogen and oxygen atoms in total. The van der Waals surface area contributed by atoms with Gasteiger partial charge in [-0.3, -0.25) is 0 Å². The van der Waals surface area contributed by atoms with Gasteiger partial charge in [0, 0.05) is 18.5 Å². The van der Waals surface area contributed by atoms with Gasteiger partial charge in [-0.05, 0) is 38.0 Å². The van der Waals surface area contributed by atoms with Gasteiger partial charge in [-0.15, -0.1) is 11.6 Å². The summed E-state index contributed by atoms with van der Waals surface area (Å²) in [6, 6.07) is 0.290. The van der Waals surface area contributed by atoms with E-state index in [0.29, 0.717) is 18.2 Å². The second-order valence-electron chi connectivity index (χ2n) is 5.22. The molecule has 2 aliphatic rings. The lowest BCUT2D eigenvalue weighted by Crippen LogP contribution is -2.50. The molecule has 0 aromatic rings. The first-order valence-corrected chi connectivity index (χ1v) is 8.85. The second-order valence-corrected chi connectivity index (χ2v) is 7.64. The molecule has 2 atom stereocenters. The summed E-state index contributed by atoms with van der Waals surface area (Å²) in [7, 11) is -3.07. The number of nitrogens with zero attached hydrogens (tertiary/aromatic N) is 1. The van der Waals surface area contributed by atoms with Crippen LogP contribution in [0.5, 0.6) is 0 Å². The Labute approximate surface area is 110 Å². The van der Waals surface area contributed by atoms with E-state index in [1.807, 2.05) is 0 Å². The smallest absolute Gasteiger partial charge is 0.212 e. The first-order valence-electron chi connectivity index (χ1n) is 6.70. The van der Waals surface area contributed by atoms with Gasteiger partial charge in [-0.2, -0.15) is 4.31 Å². The van der Waals surface area contributed by atoms with Crippen molar-refractivity contribution in [2.75, 3.05) is 18.2 Å². The number of piperidine rings is 1. The normalized spacial score (nSPS) is 31.1. The molecular formula is C12H22ClNO2S. The monoisotopic (exact) mass is 279 g/mol. The molecule has 0 spiro atoms. The maximum atomic E-state index is 12.3. The number of hydrogen-bond acceptors (Lipinski definition) is 2. The Bertz CT molecular complexity index is 342. The lowest BCUT2D eigenvalue weighted by Gasteiger charge is -2.43. The summed E-state index contributed by atoms with van der Waals surface area (Å²) in [5, 5.41) is 0. The van der Waals surface area contributed by atoms with Gasteiger partial charge in [-0.1, -0.05) is 12.8 Å². The van der Waals surface area contributed by atoms with Crippen LogP contribution in [0.25, 0.3) is 0 Å². The minimum Gasteiger partial charge on any atom is -0.212 e. The summed E-state index contributed by atoms with van der Waals surface area (Å²) in [5.74, 6) is 1.27. The van der Waals surface area contributed by atoms with Crippen molar-refractivity contribution in [3.63, 3.8) is 0 Å². The van der Waals surface area contributed by atoms with Crippen molar-refractivity contribution < 1.29 is 8.42 Å². The Kier molecular flexibility index (Phi) is 4.72. The molecule has 1 heterocycles. The number of alkyl halides is 1. The van der Waals surface area contributed by atoms with Gasteiger partial charge < -0.3 is 0 Å². The zero-order valence-electron chi connectivity index (χ0n) is 10.3. The molecule has 0 N–H and O–H groups in total. The fourth-order valence-corrected chi connectivity index (χ4v) is 5.41. The van der Waals surface area contributed by atoms with Crippen molar-refractivity contribution in [1.82, 2.24) is 4.31 Å². The standard InChI is InChI=1S/C12H22ClNO2S/c13-8-4-10-17(15,16)14-9-3-6-11-5-1-2-7-12(11)14/h11-12H,1-10H2. The van der Waals surface area contributed by atoms with E-state index in [9.17, 15) is 8.42 Å². The zero-order valence-corrected chi connectivity index (χ0v) is 11.8. The Morgan fingerprint density at radius 1 is 1.12 bits per heavy atom. The van der Waals surface area contributed by atoms with Crippen LogP contribution in [0.1, 0.15) is 44.9 Å². The molecule has 2 unspecified atom stereocenters. The van der Waals surface area contributed by atoms with Gasteiger partial charge in [0.25, 0.3) is 0 Å². The largest absolute Gasteiger partial charge is 0.214 e. The van der Waals surface area contributed by atoms with Crippen LogP contribution in [-0.4, -0.2) is 36.9 Å². The number of rotatable bonds is 4. The van der Waals surface area contributed by atoms with Crippen molar-refractivity contribution in [2.45, 2.75) is 51.0 Å². The van der Waals surface area contributed by atoms with Crippen molar-refractivity contribution in [2.24, 2.45) is 5.92 Å². The third-order valence-electron chi connectivity index (χ3n) is 4.09. The highest BCUT2D eigenvalue weighted by atomic mass is 35.5. The number of hydrogen-bond donors (Lipinski definition) is 0. The Morgan fingerprint density at radius 2 is 1.82 bits per heavy atom. The van der Waals surface area contributed by atoms with E-state index in [0.717, 1.165) is 19.4 Å². The van der Waals surface area contributed by atoms with Crippen molar-refractivity contribution in [3.8, 4) is 0 Å². The molecule has 2 rings (SSSR count). The van der Waals surface area contributed by atoms with Gasteiger partial charge in [0.2, 0.25) is 10.0 Å². The SMILES string of the molecule is O=S(=O)(CCCCl)N1CCCC2CCCCC21. The van der Waals surface area contributed by atoms with Crippen molar-refractivity contribution >= 4 is 21.6 Å². The molecule has 5 heteroatoms. The minimum atomic E-state index is -3.07. The molecule has 1 saturated heterocycles. The molecule has 100 valence electrons. The predicted molar refractivity (Wildman–Crippen MR) is 70.8 cm³/mol. The fraction of sp³-hybridized carbons (Fsp3) is 1.00. The predicted octanol–water partition coefficient (Wildman–Crippen LogP) is 2.60. The van der Waals surface area contributed by atoms with Crippen LogP contribution in [0.4, 0.5) is 0 Å². The van der Waals surface area contributed by atoms with Gasteiger partial charge in [0.1, 0.15) is 0 Å². The summed E-state index contributed by atoms with van der Waals surface area (Å²) in [6.45, 7) is 0.728. The molecule has 2 fully saturated rings. The van der Waals surface area contributed by atoms with Crippen LogP contribution >= 0.6 is 11.6 Å². The van der Waals surface area contributed by atoms with Crippen LogP contribution in [0.15, 0.2) is 0 Å². The molecule has 1 aliphatic carbocycles. The highest BCUT2D eigenvalue weighted by Gasteiger charge is 2.38. The summed E-state index contributed by atoms with van der Waals surface area (Å²) in [6.07, 6.45) is 7.54. The quantitative estimate of drug-likeness (QED) is 0.742. The number of sulfonamides is 1. The van der Waals surface area contributed by atoms with Crippen LogP contribution in [-0.2, 0) is 10.0 Å². The second kappa shape index (κ2) is 5.89. The zero-order chi connectivity index (χ0) is 12.3. The number of fused-ring (bicyclic) bond motifs is 1. The van der Waals surface area contributed by atoms with Crippen LogP contribution in [0.3, 0.4) is 0 Å². The van der Waals surface area contributed by atoms with E-state index in [4.69, 9.17) is 11.6 Å². The van der Waals surface area contributed by atoms with Gasteiger partial charge >= 0.3 is 0 Å². The van der Waals surface area contributed by atoms with E-state index >= 15 is 0 Å². The minimum absolute atomic E-state index is 0.222. The molecule has 0 bridgehead atoms. The van der Waals surface area contributed by atoms with E-state index in [1.54, 1.807) is 4.31 Å². The van der Waals surface area contributed by atoms with E-state index in [1.165, 1.54) is 25.7 Å². The number of halogens is 1. The summed E-state index contributed by atoms with van der Waals surface area (Å²) < 4.78 is 26.3. The fourth-order valence-electron chi connectivity index (χ4n) is 3.28. The van der Waals surface area contributed by atoms with E-state index < -0.39 is 10.0 Å². The topological polar surface area (TPSA) is 37.4 Å². The summed E-state index contributed by atoms with van der Waals surface area (Å²) in [4.78, 5) is 0. The molecule has 1 aliphatic heterocycles. The molecular weight excluding hydrogens is 258 g/mol. The average molecular weight is 280 g/mol. The Balaban J connectivity index is 2.07. The molecule has 17 heavy (non-hydrogen) atoms. The van der Waals surface area contributed by atoms with Gasteiger partial charge in [0.05, 0.1) is 5.75 Å². The molecule has 0 radical (unpaired) electrons. The summed E-state index contributed by atoms with van der Waals surface area (Å²) >= 11 is 5.60. The molecule has 0 aromatic heterocycles. The maximum absolute atomic E-state index is 12.3. The third-order valence-corrected chi connectivity index (χ3v) is 6.33.